The zero-order valence-corrected chi connectivity index (χ0v) is 22.3. The van der Waals surface area contributed by atoms with Crippen molar-refractivity contribution in [2.45, 2.75) is 30.9 Å². The first-order chi connectivity index (χ1) is 18.3. The lowest BCUT2D eigenvalue weighted by Gasteiger charge is -2.53. The molecule has 5 N–H and O–H groups in total. The van der Waals surface area contributed by atoms with Crippen LogP contribution < -0.4 is 10.6 Å². The van der Waals surface area contributed by atoms with E-state index >= 15 is 0 Å². The van der Waals surface area contributed by atoms with E-state index in [0.29, 0.717) is 22.4 Å². The Morgan fingerprint density at radius 2 is 1.69 bits per heavy atom. The molecule has 0 bridgehead atoms. The van der Waals surface area contributed by atoms with Gasteiger partial charge in [0.25, 0.3) is 0 Å². The number of hydrogen-bond donors (Lipinski definition) is 4. The summed E-state index contributed by atoms with van der Waals surface area (Å²) in [7, 11) is 6.94. The van der Waals surface area contributed by atoms with E-state index in [4.69, 9.17) is 5.73 Å². The first kappa shape index (κ1) is 26.8. The van der Waals surface area contributed by atoms with E-state index in [0.717, 1.165) is 0 Å². The third-order valence-corrected chi connectivity index (χ3v) is 8.82. The maximum atomic E-state index is 14.1. The molecule has 0 heterocycles. The quantitative estimate of drug-likeness (QED) is 0.421. The van der Waals surface area contributed by atoms with Gasteiger partial charge < -0.3 is 26.0 Å². The predicted molar refractivity (Wildman–Crippen MR) is 142 cm³/mol. The second kappa shape index (κ2) is 9.17. The number of nitrogens with two attached hydrogens (primary N) is 1. The third-order valence-electron chi connectivity index (χ3n) is 8.82. The number of rotatable bonds is 4. The molecule has 0 spiro atoms. The molecule has 2 aromatic carbocycles. The van der Waals surface area contributed by atoms with Crippen molar-refractivity contribution in [2.75, 3.05) is 33.1 Å². The Labute approximate surface area is 226 Å². The monoisotopic (exact) mass is 535 g/mol. The van der Waals surface area contributed by atoms with Crippen molar-refractivity contribution in [3.8, 4) is 22.6 Å². The summed E-state index contributed by atoms with van der Waals surface area (Å²) >= 11 is 0. The molecule has 3 aliphatic carbocycles. The number of carbonyl (C=O) groups is 4. The molecule has 6 atom stereocenters. The molecule has 2 saturated carbocycles. The second-order valence-corrected chi connectivity index (χ2v) is 11.5. The van der Waals surface area contributed by atoms with Crippen molar-refractivity contribution in [1.82, 2.24) is 4.90 Å². The maximum absolute atomic E-state index is 14.1. The lowest BCUT2D eigenvalue weighted by Crippen LogP contribution is -2.69. The average Bonchev–Trinajstić information content (AvgIpc) is 2.85. The van der Waals surface area contributed by atoms with Crippen LogP contribution in [-0.4, -0.2) is 83.3 Å². The number of primary amides is 1. The van der Waals surface area contributed by atoms with Crippen molar-refractivity contribution in [3.05, 3.63) is 41.5 Å². The number of amides is 1. The third kappa shape index (κ3) is 3.92. The van der Waals surface area contributed by atoms with Crippen molar-refractivity contribution in [1.29, 1.82) is 0 Å². The summed E-state index contributed by atoms with van der Waals surface area (Å²) in [5.74, 6) is -6.78. The highest BCUT2D eigenvalue weighted by atomic mass is 16.3. The molecule has 3 unspecified atom stereocenters. The van der Waals surface area contributed by atoms with Gasteiger partial charge in [-0.15, -0.1) is 0 Å². The van der Waals surface area contributed by atoms with Gasteiger partial charge in [-0.25, -0.2) is 0 Å². The fraction of sp³-hybridized carbons (Fsp3) is 0.448. The van der Waals surface area contributed by atoms with Crippen molar-refractivity contribution in [3.63, 3.8) is 0 Å². The van der Waals surface area contributed by atoms with Crippen LogP contribution in [0.25, 0.3) is 11.1 Å². The Kier molecular flexibility index (Phi) is 6.31. The number of phenols is 2. The van der Waals surface area contributed by atoms with Gasteiger partial charge in [-0.2, -0.15) is 0 Å². The molecule has 3 aliphatic rings. The summed E-state index contributed by atoms with van der Waals surface area (Å²) in [4.78, 5) is 56.9. The molecule has 206 valence electrons. The maximum Gasteiger partial charge on any atom is 0.228 e. The topological polar surface area (TPSA) is 161 Å². The number of aliphatic hydroxyl groups is 1. The van der Waals surface area contributed by atoms with Crippen LogP contribution in [-0.2, 0) is 20.8 Å². The molecule has 10 nitrogen and oxygen atoms in total. The SMILES string of the molecule is CN(C)c1cc(-c2ccc(O)cc2)c(O)c2c1C[C@@H]1C[C@@H]3C(N(C)C)C(=O)C(C(N)=O)C[C@]3(O)C(=O)C1C2=O. The van der Waals surface area contributed by atoms with E-state index in [1.165, 1.54) is 12.1 Å². The first-order valence-electron chi connectivity index (χ1n) is 12.9. The zero-order valence-electron chi connectivity index (χ0n) is 22.3. The van der Waals surface area contributed by atoms with Crippen LogP contribution in [0.3, 0.4) is 0 Å². The molecule has 0 radical (unpaired) electrons. The van der Waals surface area contributed by atoms with Gasteiger partial charge in [-0.1, -0.05) is 12.1 Å². The van der Waals surface area contributed by atoms with E-state index < -0.39 is 65.0 Å². The molecule has 2 aromatic rings. The van der Waals surface area contributed by atoms with Gasteiger partial charge >= 0.3 is 0 Å². The number of phenolic OH excluding ortho intramolecular Hbond substituents is 2. The average molecular weight is 536 g/mol. The van der Waals surface area contributed by atoms with Crippen molar-refractivity contribution >= 4 is 28.9 Å². The van der Waals surface area contributed by atoms with Crippen LogP contribution in [0.1, 0.15) is 28.8 Å². The molecule has 10 heteroatoms. The van der Waals surface area contributed by atoms with Crippen LogP contribution in [0.4, 0.5) is 5.69 Å². The summed E-state index contributed by atoms with van der Waals surface area (Å²) in [6, 6.07) is 7.05. The Balaban J connectivity index is 1.66. The molecule has 39 heavy (non-hydrogen) atoms. The minimum Gasteiger partial charge on any atom is -0.508 e. The normalized spacial score (nSPS) is 30.0. The predicted octanol–water partition coefficient (Wildman–Crippen LogP) is 1.13. The van der Waals surface area contributed by atoms with Crippen LogP contribution in [0.2, 0.25) is 0 Å². The number of carbonyl (C=O) groups excluding carboxylic acids is 4. The largest absolute Gasteiger partial charge is 0.508 e. The first-order valence-corrected chi connectivity index (χ1v) is 12.9. The van der Waals surface area contributed by atoms with Gasteiger partial charge in [-0.05, 0) is 62.2 Å². The highest BCUT2D eigenvalue weighted by molar-refractivity contribution is 6.18. The molecule has 5 rings (SSSR count). The van der Waals surface area contributed by atoms with E-state index in [-0.39, 0.29) is 29.9 Å². The van der Waals surface area contributed by atoms with Gasteiger partial charge in [0.1, 0.15) is 23.0 Å². The Morgan fingerprint density at radius 3 is 2.26 bits per heavy atom. The van der Waals surface area contributed by atoms with E-state index in [9.17, 15) is 34.5 Å². The van der Waals surface area contributed by atoms with Gasteiger partial charge in [0.05, 0.1) is 17.5 Å². The minimum absolute atomic E-state index is 0.0309. The van der Waals surface area contributed by atoms with Gasteiger partial charge in [0, 0.05) is 37.7 Å². The Hall–Kier alpha value is -3.76. The van der Waals surface area contributed by atoms with Crippen LogP contribution >= 0.6 is 0 Å². The number of nitrogens with zero attached hydrogens (tertiary/aromatic N) is 2. The number of fused-ring (bicyclic) bond motifs is 3. The molecule has 0 aliphatic heterocycles. The van der Waals surface area contributed by atoms with Crippen molar-refractivity contribution in [2.24, 2.45) is 29.4 Å². The lowest BCUT2D eigenvalue weighted by molar-refractivity contribution is -0.176. The van der Waals surface area contributed by atoms with E-state index in [1.54, 1.807) is 37.2 Å². The zero-order chi connectivity index (χ0) is 28.5. The van der Waals surface area contributed by atoms with Gasteiger partial charge in [0.15, 0.2) is 17.3 Å². The number of hydrogen-bond acceptors (Lipinski definition) is 9. The van der Waals surface area contributed by atoms with E-state index in [1.807, 2.05) is 19.0 Å². The lowest BCUT2D eigenvalue weighted by atomic mass is 9.52. The highest BCUT2D eigenvalue weighted by Gasteiger charge is 2.64. The summed E-state index contributed by atoms with van der Waals surface area (Å²) in [5, 5.41) is 32.9. The molecular formula is C29H33N3O7. The fourth-order valence-corrected chi connectivity index (χ4v) is 7.02. The van der Waals surface area contributed by atoms with Crippen LogP contribution in [0, 0.1) is 23.7 Å². The molecule has 2 fully saturated rings. The number of benzene rings is 2. The second-order valence-electron chi connectivity index (χ2n) is 11.5. The molecule has 0 aromatic heterocycles. The number of ketones is 3. The molecule has 1 amide bonds. The van der Waals surface area contributed by atoms with E-state index in [2.05, 4.69) is 0 Å². The summed E-state index contributed by atoms with van der Waals surface area (Å²) in [6.07, 6.45) is 0.0426. The highest BCUT2D eigenvalue weighted by Crippen LogP contribution is 2.53. The summed E-state index contributed by atoms with van der Waals surface area (Å²) in [6.45, 7) is 0. The molecular weight excluding hydrogens is 502 g/mol. The Bertz CT molecular complexity index is 1400. The standard InChI is InChI=1S/C29H33N3O7/c1-31(2)20-11-16(13-5-7-15(33)8-6-13)24(34)22-17(20)9-14-10-19-23(32(3)4)25(35)18(28(30)38)12-29(19,39)27(37)21(14)26(22)36/h5-8,11,14,18-19,21,23,33-34,39H,9-10,12H2,1-4H3,(H2,30,38)/t14-,18?,19-,21?,23?,29-/m1/s1. The Morgan fingerprint density at radius 1 is 1.05 bits per heavy atom. The van der Waals surface area contributed by atoms with Gasteiger partial charge in [0.2, 0.25) is 5.91 Å². The van der Waals surface area contributed by atoms with Crippen molar-refractivity contribution < 1.29 is 34.5 Å². The summed E-state index contributed by atoms with van der Waals surface area (Å²) < 4.78 is 0. The minimum atomic E-state index is -2.09. The number of aromatic hydroxyl groups is 2. The fourth-order valence-electron chi connectivity index (χ4n) is 7.02. The van der Waals surface area contributed by atoms with Gasteiger partial charge in [-0.3, -0.25) is 24.1 Å². The summed E-state index contributed by atoms with van der Waals surface area (Å²) in [5.41, 5.74) is 5.67. The number of likely N-dealkylation sites (N-methyl/N-ethyl adjacent to an activating group) is 1. The number of anilines is 1. The molecule has 0 saturated heterocycles. The number of Topliss-reactive ketones (excluding diaryl/α,β-unsaturated/α-hetero) is 3. The smallest absolute Gasteiger partial charge is 0.228 e. The van der Waals surface area contributed by atoms with Crippen LogP contribution in [0.5, 0.6) is 11.5 Å². The van der Waals surface area contributed by atoms with Crippen LogP contribution in [0.15, 0.2) is 30.3 Å².